The molecule has 0 atom stereocenters. The molecule has 0 spiro atoms. The van der Waals surface area contributed by atoms with Crippen molar-refractivity contribution in [1.29, 1.82) is 0 Å². The number of rotatable bonds is 5. The fraction of sp³-hybridized carbons (Fsp3) is 0.167. The zero-order chi connectivity index (χ0) is 16.2. The topological polar surface area (TPSA) is 73.3 Å². The number of imidazole rings is 1. The molecule has 0 bridgehead atoms. The van der Waals surface area contributed by atoms with Gasteiger partial charge in [-0.25, -0.2) is 4.98 Å². The maximum absolute atomic E-state index is 9.65. The van der Waals surface area contributed by atoms with E-state index in [0.29, 0.717) is 24.7 Å². The molecule has 23 heavy (non-hydrogen) atoms. The predicted molar refractivity (Wildman–Crippen MR) is 89.6 cm³/mol. The van der Waals surface area contributed by atoms with E-state index in [0.717, 1.165) is 11.3 Å². The maximum Gasteiger partial charge on any atom is 0.200 e. The van der Waals surface area contributed by atoms with E-state index in [-0.39, 0.29) is 5.75 Å². The summed E-state index contributed by atoms with van der Waals surface area (Å²) in [7, 11) is 1.53. The largest absolute Gasteiger partial charge is 0.504 e. The molecule has 0 saturated heterocycles. The van der Waals surface area contributed by atoms with Gasteiger partial charge >= 0.3 is 0 Å². The molecule has 3 N–H and O–H groups in total. The second-order valence-electron chi connectivity index (χ2n) is 5.39. The molecule has 5 nitrogen and oxygen atoms in total. The average Bonchev–Trinajstić information content (AvgIpc) is 2.89. The SMILES string of the molecule is COc1cc(Cc2cn(Cc3ccccc3)c(N)n2)ccc1O. The predicted octanol–water partition coefficient (Wildman–Crippen LogP) is 2.82. The number of nitrogens with two attached hydrogens (primary N) is 1. The number of hydrogen-bond acceptors (Lipinski definition) is 4. The van der Waals surface area contributed by atoms with Crippen LogP contribution in [0.2, 0.25) is 0 Å². The summed E-state index contributed by atoms with van der Waals surface area (Å²) in [6, 6.07) is 15.4. The van der Waals surface area contributed by atoms with Crippen LogP contribution in [0.25, 0.3) is 0 Å². The highest BCUT2D eigenvalue weighted by Crippen LogP contribution is 2.27. The lowest BCUT2D eigenvalue weighted by Gasteiger charge is -2.05. The average molecular weight is 309 g/mol. The zero-order valence-electron chi connectivity index (χ0n) is 12.9. The molecular formula is C18H19N3O2. The second kappa shape index (κ2) is 6.44. The van der Waals surface area contributed by atoms with Crippen LogP contribution in [0.5, 0.6) is 11.5 Å². The van der Waals surface area contributed by atoms with E-state index >= 15 is 0 Å². The van der Waals surface area contributed by atoms with Gasteiger partial charge in [0.2, 0.25) is 5.95 Å². The molecule has 0 amide bonds. The van der Waals surface area contributed by atoms with E-state index in [9.17, 15) is 5.11 Å². The Labute approximate surface area is 135 Å². The first-order valence-electron chi connectivity index (χ1n) is 7.37. The third-order valence-corrected chi connectivity index (χ3v) is 3.68. The highest BCUT2D eigenvalue weighted by atomic mass is 16.5. The Bertz CT molecular complexity index is 797. The van der Waals surface area contributed by atoms with Crippen LogP contribution in [0.15, 0.2) is 54.7 Å². The van der Waals surface area contributed by atoms with E-state index in [1.807, 2.05) is 41.1 Å². The summed E-state index contributed by atoms with van der Waals surface area (Å²) >= 11 is 0. The van der Waals surface area contributed by atoms with Gasteiger partial charge in [0.1, 0.15) is 0 Å². The van der Waals surface area contributed by atoms with Gasteiger partial charge in [-0.15, -0.1) is 0 Å². The van der Waals surface area contributed by atoms with Gasteiger partial charge in [-0.2, -0.15) is 0 Å². The van der Waals surface area contributed by atoms with E-state index < -0.39 is 0 Å². The van der Waals surface area contributed by atoms with Crippen molar-refractivity contribution >= 4 is 5.95 Å². The molecule has 118 valence electrons. The Kier molecular flexibility index (Phi) is 4.19. The lowest BCUT2D eigenvalue weighted by atomic mass is 10.1. The summed E-state index contributed by atoms with van der Waals surface area (Å²) < 4.78 is 7.06. The number of phenolic OH excluding ortho intramolecular Hbond substituents is 1. The van der Waals surface area contributed by atoms with E-state index in [4.69, 9.17) is 10.5 Å². The summed E-state index contributed by atoms with van der Waals surface area (Å²) in [4.78, 5) is 4.42. The van der Waals surface area contributed by atoms with Gasteiger partial charge in [-0.1, -0.05) is 36.4 Å². The number of hydrogen-bond donors (Lipinski definition) is 2. The van der Waals surface area contributed by atoms with Crippen molar-refractivity contribution < 1.29 is 9.84 Å². The highest BCUT2D eigenvalue weighted by Gasteiger charge is 2.08. The van der Waals surface area contributed by atoms with Crippen molar-refractivity contribution in [2.75, 3.05) is 12.8 Å². The molecule has 0 radical (unpaired) electrons. The van der Waals surface area contributed by atoms with Gasteiger partial charge in [0.25, 0.3) is 0 Å². The van der Waals surface area contributed by atoms with Crippen LogP contribution in [0.1, 0.15) is 16.8 Å². The number of aromatic nitrogens is 2. The van der Waals surface area contributed by atoms with Crippen LogP contribution >= 0.6 is 0 Å². The summed E-state index contributed by atoms with van der Waals surface area (Å²) in [6.45, 7) is 0.693. The molecule has 2 aromatic carbocycles. The third kappa shape index (κ3) is 3.45. The van der Waals surface area contributed by atoms with Crippen LogP contribution in [0.4, 0.5) is 5.95 Å². The van der Waals surface area contributed by atoms with Crippen molar-refractivity contribution in [3.05, 3.63) is 71.5 Å². The number of nitrogen functional groups attached to an aromatic ring is 1. The van der Waals surface area contributed by atoms with Crippen LogP contribution in [0, 0.1) is 0 Å². The van der Waals surface area contributed by atoms with Gasteiger partial charge in [-0.05, 0) is 23.3 Å². The van der Waals surface area contributed by atoms with Crippen molar-refractivity contribution in [3.8, 4) is 11.5 Å². The summed E-state index contributed by atoms with van der Waals surface area (Å²) in [5, 5.41) is 9.65. The molecule has 3 rings (SSSR count). The van der Waals surface area contributed by atoms with E-state index in [1.165, 1.54) is 12.7 Å². The Hall–Kier alpha value is -2.95. The number of benzene rings is 2. The van der Waals surface area contributed by atoms with E-state index in [2.05, 4.69) is 17.1 Å². The second-order valence-corrected chi connectivity index (χ2v) is 5.39. The molecule has 0 aliphatic carbocycles. The molecule has 1 heterocycles. The summed E-state index contributed by atoms with van der Waals surface area (Å²) in [5.74, 6) is 1.08. The number of aromatic hydroxyl groups is 1. The molecule has 5 heteroatoms. The Balaban J connectivity index is 1.78. The molecule has 0 fully saturated rings. The molecular weight excluding hydrogens is 290 g/mol. The number of methoxy groups -OCH3 is 1. The Morgan fingerprint density at radius 1 is 1.13 bits per heavy atom. The standard InChI is InChI=1S/C18H19N3O2/c1-23-17-10-14(7-8-16(17)22)9-15-12-21(18(19)20-15)11-13-5-3-2-4-6-13/h2-8,10,12,22H,9,11H2,1H3,(H2,19,20). The van der Waals surface area contributed by atoms with Crippen molar-refractivity contribution in [1.82, 2.24) is 9.55 Å². The smallest absolute Gasteiger partial charge is 0.200 e. The molecule has 1 aromatic heterocycles. The lowest BCUT2D eigenvalue weighted by molar-refractivity contribution is 0.373. The molecule has 3 aromatic rings. The minimum absolute atomic E-state index is 0.130. The first-order valence-corrected chi connectivity index (χ1v) is 7.37. The van der Waals surface area contributed by atoms with Gasteiger partial charge in [-0.3, -0.25) is 0 Å². The highest BCUT2D eigenvalue weighted by molar-refractivity contribution is 5.43. The number of anilines is 1. The molecule has 0 unspecified atom stereocenters. The van der Waals surface area contributed by atoms with Crippen molar-refractivity contribution in [3.63, 3.8) is 0 Å². The van der Waals surface area contributed by atoms with Crippen LogP contribution in [-0.4, -0.2) is 21.8 Å². The van der Waals surface area contributed by atoms with E-state index in [1.54, 1.807) is 6.07 Å². The minimum atomic E-state index is 0.130. The van der Waals surface area contributed by atoms with Crippen molar-refractivity contribution in [2.24, 2.45) is 0 Å². The van der Waals surface area contributed by atoms with Crippen molar-refractivity contribution in [2.45, 2.75) is 13.0 Å². The summed E-state index contributed by atoms with van der Waals surface area (Å²) in [6.07, 6.45) is 2.59. The van der Waals surface area contributed by atoms with Gasteiger partial charge in [0.05, 0.1) is 19.3 Å². The van der Waals surface area contributed by atoms with Gasteiger partial charge in [0.15, 0.2) is 11.5 Å². The monoisotopic (exact) mass is 309 g/mol. The molecule has 0 aliphatic heterocycles. The zero-order valence-corrected chi connectivity index (χ0v) is 12.9. The van der Waals surface area contributed by atoms with Crippen LogP contribution in [-0.2, 0) is 13.0 Å². The Morgan fingerprint density at radius 3 is 2.65 bits per heavy atom. The quantitative estimate of drug-likeness (QED) is 0.760. The Morgan fingerprint density at radius 2 is 1.91 bits per heavy atom. The van der Waals surface area contributed by atoms with Gasteiger partial charge < -0.3 is 20.1 Å². The van der Waals surface area contributed by atoms with Crippen LogP contribution < -0.4 is 10.5 Å². The molecule has 0 aliphatic rings. The fourth-order valence-electron chi connectivity index (χ4n) is 2.52. The fourth-order valence-corrected chi connectivity index (χ4v) is 2.52. The van der Waals surface area contributed by atoms with Gasteiger partial charge in [0, 0.05) is 12.6 Å². The first-order chi connectivity index (χ1) is 11.2. The minimum Gasteiger partial charge on any atom is -0.504 e. The molecule has 0 saturated carbocycles. The number of phenols is 1. The normalized spacial score (nSPS) is 10.7. The number of ether oxygens (including phenoxy) is 1. The van der Waals surface area contributed by atoms with Crippen LogP contribution in [0.3, 0.4) is 0 Å². The maximum atomic E-state index is 9.65. The third-order valence-electron chi connectivity index (χ3n) is 3.68. The summed E-state index contributed by atoms with van der Waals surface area (Å²) in [5.41, 5.74) is 9.07. The first kappa shape index (κ1) is 15.0. The number of nitrogens with zero attached hydrogens (tertiary/aromatic N) is 2. The lowest BCUT2D eigenvalue weighted by Crippen LogP contribution is -2.03.